The third-order valence-electron chi connectivity index (χ3n) is 4.12. The van der Waals surface area contributed by atoms with Gasteiger partial charge in [0.2, 0.25) is 0 Å². The van der Waals surface area contributed by atoms with Crippen LogP contribution in [0, 0.1) is 5.92 Å². The van der Waals surface area contributed by atoms with Crippen molar-refractivity contribution in [2.24, 2.45) is 5.92 Å². The van der Waals surface area contributed by atoms with E-state index in [0.29, 0.717) is 18.3 Å². The van der Waals surface area contributed by atoms with E-state index in [-0.39, 0.29) is 12.1 Å². The predicted molar refractivity (Wildman–Crippen MR) is 74.9 cm³/mol. The minimum Gasteiger partial charge on any atom is -0.444 e. The molecule has 6 nitrogen and oxygen atoms in total. The zero-order valence-corrected chi connectivity index (χ0v) is 12.3. The Morgan fingerprint density at radius 1 is 1.45 bits per heavy atom. The molecule has 0 spiro atoms. The van der Waals surface area contributed by atoms with Crippen LogP contribution in [0.3, 0.4) is 0 Å². The number of hydrogen-bond acceptors (Lipinski definition) is 4. The van der Waals surface area contributed by atoms with Crippen molar-refractivity contribution >= 4 is 11.9 Å². The number of nitrogen functional groups attached to an aromatic ring is 1. The van der Waals surface area contributed by atoms with Gasteiger partial charge in [-0.3, -0.25) is 10.00 Å². The molecule has 1 aliphatic heterocycles. The number of aromatic amines is 1. The van der Waals surface area contributed by atoms with E-state index in [4.69, 9.17) is 10.5 Å². The van der Waals surface area contributed by atoms with Gasteiger partial charge in [0, 0.05) is 5.56 Å². The highest BCUT2D eigenvalue weighted by Gasteiger charge is 2.44. The maximum absolute atomic E-state index is 12.4. The second-order valence-corrected chi connectivity index (χ2v) is 6.75. The van der Waals surface area contributed by atoms with Gasteiger partial charge < -0.3 is 10.5 Å². The Hall–Kier alpha value is -1.72. The lowest BCUT2D eigenvalue weighted by Crippen LogP contribution is -2.39. The number of rotatable bonds is 1. The summed E-state index contributed by atoms with van der Waals surface area (Å²) in [5, 5.41) is 7.08. The van der Waals surface area contributed by atoms with Gasteiger partial charge in [-0.2, -0.15) is 5.10 Å². The molecule has 1 unspecified atom stereocenters. The topological polar surface area (TPSA) is 84.2 Å². The number of amides is 1. The normalized spacial score (nSPS) is 22.6. The van der Waals surface area contributed by atoms with Crippen molar-refractivity contribution in [3.63, 3.8) is 0 Å². The third kappa shape index (κ3) is 2.13. The van der Waals surface area contributed by atoms with Crippen LogP contribution >= 0.6 is 0 Å². The first-order valence-corrected chi connectivity index (χ1v) is 7.19. The van der Waals surface area contributed by atoms with E-state index in [9.17, 15) is 4.79 Å². The Labute approximate surface area is 118 Å². The fraction of sp³-hybridized carbons (Fsp3) is 0.714. The Balaban J connectivity index is 1.86. The highest BCUT2D eigenvalue weighted by molar-refractivity contribution is 5.71. The summed E-state index contributed by atoms with van der Waals surface area (Å²) in [7, 11) is 0. The molecular weight excluding hydrogens is 256 g/mol. The molecule has 6 heteroatoms. The van der Waals surface area contributed by atoms with Crippen molar-refractivity contribution in [1.29, 1.82) is 0 Å². The fourth-order valence-electron chi connectivity index (χ4n) is 2.97. The van der Waals surface area contributed by atoms with Crippen LogP contribution in [0.1, 0.15) is 57.3 Å². The Morgan fingerprint density at radius 2 is 2.15 bits per heavy atom. The molecule has 2 aliphatic rings. The van der Waals surface area contributed by atoms with Crippen LogP contribution in [0.4, 0.5) is 10.6 Å². The first-order chi connectivity index (χ1) is 9.37. The van der Waals surface area contributed by atoms with Crippen LogP contribution in [0.25, 0.3) is 0 Å². The van der Waals surface area contributed by atoms with Gasteiger partial charge in [-0.25, -0.2) is 4.79 Å². The predicted octanol–water partition coefficient (Wildman–Crippen LogP) is 2.58. The van der Waals surface area contributed by atoms with Crippen molar-refractivity contribution in [2.45, 2.75) is 58.2 Å². The maximum Gasteiger partial charge on any atom is 0.411 e. The molecule has 20 heavy (non-hydrogen) atoms. The zero-order chi connectivity index (χ0) is 14.5. The van der Waals surface area contributed by atoms with Crippen LogP contribution in [0.5, 0.6) is 0 Å². The van der Waals surface area contributed by atoms with Crippen molar-refractivity contribution in [2.75, 3.05) is 5.73 Å². The SMILES string of the molecule is CC(C)(C)OC(=O)N1Cc2c(N)n[nH]c2C1C1CCC1. The molecular formula is C14H22N4O2. The summed E-state index contributed by atoms with van der Waals surface area (Å²) in [6, 6.07) is 0.0402. The van der Waals surface area contributed by atoms with Crippen LogP contribution < -0.4 is 5.73 Å². The lowest BCUT2D eigenvalue weighted by atomic mass is 9.78. The molecule has 1 aromatic heterocycles. The van der Waals surface area contributed by atoms with E-state index < -0.39 is 5.60 Å². The molecule has 1 aromatic rings. The van der Waals surface area contributed by atoms with Crippen LogP contribution in [0.2, 0.25) is 0 Å². The number of nitrogens with one attached hydrogen (secondary N) is 1. The lowest BCUT2D eigenvalue weighted by Gasteiger charge is -2.37. The van der Waals surface area contributed by atoms with Crippen LogP contribution in [-0.2, 0) is 11.3 Å². The van der Waals surface area contributed by atoms with Gasteiger partial charge in [0.25, 0.3) is 0 Å². The van der Waals surface area contributed by atoms with Crippen LogP contribution in [0.15, 0.2) is 0 Å². The van der Waals surface area contributed by atoms with Crippen molar-refractivity contribution < 1.29 is 9.53 Å². The van der Waals surface area contributed by atoms with Crippen molar-refractivity contribution in [3.05, 3.63) is 11.3 Å². The number of nitrogens with two attached hydrogens (primary N) is 1. The average molecular weight is 278 g/mol. The minimum absolute atomic E-state index is 0.0402. The Morgan fingerprint density at radius 3 is 2.70 bits per heavy atom. The number of ether oxygens (including phenoxy) is 1. The number of carbonyl (C=O) groups excluding carboxylic acids is 1. The minimum atomic E-state index is -0.485. The van der Waals surface area contributed by atoms with Gasteiger partial charge in [-0.15, -0.1) is 0 Å². The number of fused-ring (bicyclic) bond motifs is 1. The quantitative estimate of drug-likeness (QED) is 0.827. The maximum atomic E-state index is 12.4. The number of aromatic nitrogens is 2. The van der Waals surface area contributed by atoms with E-state index in [2.05, 4.69) is 10.2 Å². The molecule has 0 aromatic carbocycles. The van der Waals surface area contributed by atoms with Gasteiger partial charge in [0.15, 0.2) is 5.82 Å². The third-order valence-corrected chi connectivity index (χ3v) is 4.12. The van der Waals surface area contributed by atoms with E-state index >= 15 is 0 Å². The van der Waals surface area contributed by atoms with Gasteiger partial charge in [-0.1, -0.05) is 6.42 Å². The van der Waals surface area contributed by atoms with Gasteiger partial charge >= 0.3 is 6.09 Å². The molecule has 0 saturated heterocycles. The highest BCUT2D eigenvalue weighted by Crippen LogP contribution is 2.47. The van der Waals surface area contributed by atoms with E-state index in [1.165, 1.54) is 6.42 Å². The molecule has 1 saturated carbocycles. The summed E-state index contributed by atoms with van der Waals surface area (Å²) in [5.41, 5.74) is 7.35. The molecule has 1 atom stereocenters. The largest absolute Gasteiger partial charge is 0.444 e. The van der Waals surface area contributed by atoms with E-state index in [1.807, 2.05) is 20.8 Å². The molecule has 0 bridgehead atoms. The van der Waals surface area contributed by atoms with Crippen LogP contribution in [-0.4, -0.2) is 26.8 Å². The second-order valence-electron chi connectivity index (χ2n) is 6.75. The monoisotopic (exact) mass is 278 g/mol. The summed E-state index contributed by atoms with van der Waals surface area (Å²) in [6.07, 6.45) is 3.24. The summed E-state index contributed by atoms with van der Waals surface area (Å²) in [5.74, 6) is 0.985. The highest BCUT2D eigenvalue weighted by atomic mass is 16.6. The van der Waals surface area contributed by atoms with Gasteiger partial charge in [0.1, 0.15) is 5.60 Å². The molecule has 110 valence electrons. The summed E-state index contributed by atoms with van der Waals surface area (Å²) in [6.45, 7) is 6.14. The van der Waals surface area contributed by atoms with Crippen molar-refractivity contribution in [1.82, 2.24) is 15.1 Å². The summed E-state index contributed by atoms with van der Waals surface area (Å²) >= 11 is 0. The fourth-order valence-corrected chi connectivity index (χ4v) is 2.97. The molecule has 0 radical (unpaired) electrons. The molecule has 3 N–H and O–H groups in total. The average Bonchev–Trinajstić information content (AvgIpc) is 2.76. The molecule has 1 amide bonds. The smallest absolute Gasteiger partial charge is 0.411 e. The van der Waals surface area contributed by atoms with E-state index in [0.717, 1.165) is 24.1 Å². The zero-order valence-electron chi connectivity index (χ0n) is 12.3. The van der Waals surface area contributed by atoms with E-state index in [1.54, 1.807) is 4.90 Å². The first-order valence-electron chi connectivity index (χ1n) is 7.19. The summed E-state index contributed by atoms with van der Waals surface area (Å²) in [4.78, 5) is 14.2. The lowest BCUT2D eigenvalue weighted by molar-refractivity contribution is 0.00467. The molecule has 1 fully saturated rings. The van der Waals surface area contributed by atoms with Crippen molar-refractivity contribution in [3.8, 4) is 0 Å². The second kappa shape index (κ2) is 4.40. The number of H-pyrrole nitrogens is 1. The Kier molecular flexibility index (Phi) is 2.92. The first kappa shape index (κ1) is 13.3. The standard InChI is InChI=1S/C14H22N4O2/c1-14(2,3)20-13(19)18-7-9-10(16-17-12(9)15)11(18)8-5-4-6-8/h8,11H,4-7H2,1-3H3,(H3,15,16,17). The number of carbonyl (C=O) groups is 1. The summed E-state index contributed by atoms with van der Waals surface area (Å²) < 4.78 is 5.52. The molecule has 2 heterocycles. The van der Waals surface area contributed by atoms with Gasteiger partial charge in [0.05, 0.1) is 18.3 Å². The van der Waals surface area contributed by atoms with Gasteiger partial charge in [-0.05, 0) is 39.5 Å². The molecule has 3 rings (SSSR count). The number of anilines is 1. The number of hydrogen-bond donors (Lipinski definition) is 2. The molecule has 1 aliphatic carbocycles. The number of nitrogens with zero attached hydrogens (tertiary/aromatic N) is 2. The Bertz CT molecular complexity index is 528.